The van der Waals surface area contributed by atoms with Crippen LogP contribution >= 0.6 is 0 Å². The molecule has 0 bridgehead atoms. The Morgan fingerprint density at radius 1 is 1.45 bits per heavy atom. The fourth-order valence-electron chi connectivity index (χ4n) is 3.03. The molecular formula is C16H25N3O. The number of nitrogens with zero attached hydrogens (tertiary/aromatic N) is 1. The van der Waals surface area contributed by atoms with Crippen LogP contribution in [0.2, 0.25) is 0 Å². The lowest BCUT2D eigenvalue weighted by molar-refractivity contribution is 0.318. The number of hydrogen-bond donors (Lipinski definition) is 3. The Hall–Kier alpha value is -1.55. The monoisotopic (exact) mass is 275 g/mol. The van der Waals surface area contributed by atoms with Gasteiger partial charge in [0.25, 0.3) is 0 Å². The van der Waals surface area contributed by atoms with E-state index in [4.69, 9.17) is 10.9 Å². The van der Waals surface area contributed by atoms with E-state index in [-0.39, 0.29) is 5.84 Å². The molecule has 1 aliphatic rings. The van der Waals surface area contributed by atoms with Gasteiger partial charge in [-0.05, 0) is 48.9 Å². The van der Waals surface area contributed by atoms with E-state index in [0.717, 1.165) is 30.5 Å². The minimum absolute atomic E-state index is 0.160. The van der Waals surface area contributed by atoms with Gasteiger partial charge in [-0.2, -0.15) is 0 Å². The van der Waals surface area contributed by atoms with Gasteiger partial charge < -0.3 is 16.3 Å². The first-order valence-corrected chi connectivity index (χ1v) is 7.40. The SMILES string of the molecule is Cc1cc(/C(N)=N/O)ccc1CNCC1CCCC1C. The van der Waals surface area contributed by atoms with Crippen molar-refractivity contribution in [2.75, 3.05) is 6.54 Å². The Labute approximate surface area is 121 Å². The summed E-state index contributed by atoms with van der Waals surface area (Å²) in [5.74, 6) is 1.84. The molecule has 20 heavy (non-hydrogen) atoms. The molecule has 0 amide bonds. The van der Waals surface area contributed by atoms with E-state index in [9.17, 15) is 0 Å². The number of benzene rings is 1. The van der Waals surface area contributed by atoms with Crippen LogP contribution < -0.4 is 11.1 Å². The van der Waals surface area contributed by atoms with Crippen molar-refractivity contribution < 1.29 is 5.21 Å². The summed E-state index contributed by atoms with van der Waals surface area (Å²) in [4.78, 5) is 0. The van der Waals surface area contributed by atoms with Crippen LogP contribution in [-0.4, -0.2) is 17.6 Å². The summed E-state index contributed by atoms with van der Waals surface area (Å²) in [6.07, 6.45) is 4.11. The second kappa shape index (κ2) is 6.75. The predicted molar refractivity (Wildman–Crippen MR) is 81.9 cm³/mol. The standard InChI is InChI=1S/C16H25N3O/c1-11-4-3-5-14(11)9-18-10-15-7-6-13(8-12(15)2)16(17)19-20/h6-8,11,14,18,20H,3-5,9-10H2,1-2H3,(H2,17,19). The molecule has 2 atom stereocenters. The Kier molecular flexibility index (Phi) is 5.01. The Balaban J connectivity index is 1.90. The van der Waals surface area contributed by atoms with Crippen molar-refractivity contribution in [3.8, 4) is 0 Å². The van der Waals surface area contributed by atoms with Crippen molar-refractivity contribution in [1.29, 1.82) is 0 Å². The fraction of sp³-hybridized carbons (Fsp3) is 0.562. The van der Waals surface area contributed by atoms with E-state index in [1.54, 1.807) is 0 Å². The third-order valence-electron chi connectivity index (χ3n) is 4.51. The second-order valence-corrected chi connectivity index (χ2v) is 5.93. The summed E-state index contributed by atoms with van der Waals surface area (Å²) in [7, 11) is 0. The molecule has 0 heterocycles. The third-order valence-corrected chi connectivity index (χ3v) is 4.51. The lowest BCUT2D eigenvalue weighted by atomic mass is 9.98. The molecule has 1 aromatic rings. The zero-order valence-corrected chi connectivity index (χ0v) is 12.4. The quantitative estimate of drug-likeness (QED) is 0.335. The molecule has 0 saturated heterocycles. The van der Waals surface area contributed by atoms with Gasteiger partial charge in [0.1, 0.15) is 0 Å². The van der Waals surface area contributed by atoms with Gasteiger partial charge in [0.2, 0.25) is 0 Å². The first-order valence-electron chi connectivity index (χ1n) is 7.40. The molecule has 4 heteroatoms. The van der Waals surface area contributed by atoms with Crippen molar-refractivity contribution >= 4 is 5.84 Å². The molecule has 110 valence electrons. The van der Waals surface area contributed by atoms with E-state index >= 15 is 0 Å². The lowest BCUT2D eigenvalue weighted by Gasteiger charge is -2.16. The molecule has 0 spiro atoms. The normalized spacial score (nSPS) is 23.2. The van der Waals surface area contributed by atoms with E-state index in [1.165, 1.54) is 30.4 Å². The van der Waals surface area contributed by atoms with Gasteiger partial charge >= 0.3 is 0 Å². The summed E-state index contributed by atoms with van der Waals surface area (Å²) < 4.78 is 0. The van der Waals surface area contributed by atoms with Gasteiger partial charge in [0.15, 0.2) is 5.84 Å². The Bertz CT molecular complexity index is 485. The van der Waals surface area contributed by atoms with Crippen molar-refractivity contribution in [1.82, 2.24) is 5.32 Å². The van der Waals surface area contributed by atoms with Gasteiger partial charge in [-0.1, -0.05) is 37.1 Å². The maximum Gasteiger partial charge on any atom is 0.170 e. The van der Waals surface area contributed by atoms with E-state index in [0.29, 0.717) is 0 Å². The molecule has 4 nitrogen and oxygen atoms in total. The van der Waals surface area contributed by atoms with Crippen molar-refractivity contribution in [2.24, 2.45) is 22.7 Å². The number of aryl methyl sites for hydroxylation is 1. The number of oxime groups is 1. The molecular weight excluding hydrogens is 250 g/mol. The zero-order valence-electron chi connectivity index (χ0n) is 12.4. The van der Waals surface area contributed by atoms with E-state index in [1.807, 2.05) is 18.2 Å². The Morgan fingerprint density at radius 2 is 2.25 bits per heavy atom. The molecule has 0 aliphatic heterocycles. The minimum atomic E-state index is 0.160. The molecule has 2 unspecified atom stereocenters. The van der Waals surface area contributed by atoms with Gasteiger partial charge in [-0.25, -0.2) is 0 Å². The summed E-state index contributed by atoms with van der Waals surface area (Å²) in [5.41, 5.74) is 8.79. The van der Waals surface area contributed by atoms with Gasteiger partial charge in [0.05, 0.1) is 0 Å². The molecule has 1 fully saturated rings. The summed E-state index contributed by atoms with van der Waals surface area (Å²) in [6, 6.07) is 5.91. The molecule has 4 N–H and O–H groups in total. The van der Waals surface area contributed by atoms with Crippen LogP contribution in [0.5, 0.6) is 0 Å². The topological polar surface area (TPSA) is 70.6 Å². The molecule has 1 aliphatic carbocycles. The number of amidine groups is 1. The van der Waals surface area contributed by atoms with Gasteiger partial charge in [0, 0.05) is 12.1 Å². The highest BCUT2D eigenvalue weighted by molar-refractivity contribution is 5.97. The maximum atomic E-state index is 8.69. The molecule has 2 rings (SSSR count). The van der Waals surface area contributed by atoms with Crippen molar-refractivity contribution in [2.45, 2.75) is 39.7 Å². The smallest absolute Gasteiger partial charge is 0.170 e. The highest BCUT2D eigenvalue weighted by Crippen LogP contribution is 2.30. The van der Waals surface area contributed by atoms with Gasteiger partial charge in [-0.15, -0.1) is 0 Å². The number of hydrogen-bond acceptors (Lipinski definition) is 3. The largest absolute Gasteiger partial charge is 0.409 e. The Morgan fingerprint density at radius 3 is 2.85 bits per heavy atom. The number of nitrogens with one attached hydrogen (secondary N) is 1. The molecule has 1 saturated carbocycles. The fourth-order valence-corrected chi connectivity index (χ4v) is 3.03. The highest BCUT2D eigenvalue weighted by atomic mass is 16.4. The van der Waals surface area contributed by atoms with E-state index < -0.39 is 0 Å². The molecule has 1 aromatic carbocycles. The van der Waals surface area contributed by atoms with Crippen LogP contribution in [0.1, 0.15) is 42.9 Å². The summed E-state index contributed by atoms with van der Waals surface area (Å²) in [5, 5.41) is 15.3. The molecule has 0 aromatic heterocycles. The van der Waals surface area contributed by atoms with Crippen LogP contribution in [0.25, 0.3) is 0 Å². The summed E-state index contributed by atoms with van der Waals surface area (Å²) >= 11 is 0. The molecule has 0 radical (unpaired) electrons. The number of nitrogens with two attached hydrogens (primary N) is 1. The first kappa shape index (κ1) is 14.9. The predicted octanol–water partition coefficient (Wildman–Crippen LogP) is 2.62. The zero-order chi connectivity index (χ0) is 14.5. The van der Waals surface area contributed by atoms with Crippen LogP contribution in [0.3, 0.4) is 0 Å². The lowest BCUT2D eigenvalue weighted by Crippen LogP contribution is -2.24. The maximum absolute atomic E-state index is 8.69. The van der Waals surface area contributed by atoms with E-state index in [2.05, 4.69) is 24.3 Å². The first-order chi connectivity index (χ1) is 9.61. The third kappa shape index (κ3) is 3.51. The number of rotatable bonds is 5. The highest BCUT2D eigenvalue weighted by Gasteiger charge is 2.22. The second-order valence-electron chi connectivity index (χ2n) is 5.93. The average Bonchev–Trinajstić information content (AvgIpc) is 2.85. The summed E-state index contributed by atoms with van der Waals surface area (Å²) in [6.45, 7) is 6.40. The van der Waals surface area contributed by atoms with Crippen LogP contribution in [-0.2, 0) is 6.54 Å². The van der Waals surface area contributed by atoms with Crippen LogP contribution in [0, 0.1) is 18.8 Å². The van der Waals surface area contributed by atoms with Crippen molar-refractivity contribution in [3.63, 3.8) is 0 Å². The van der Waals surface area contributed by atoms with Crippen LogP contribution in [0.15, 0.2) is 23.4 Å². The van der Waals surface area contributed by atoms with Crippen LogP contribution in [0.4, 0.5) is 0 Å². The minimum Gasteiger partial charge on any atom is -0.409 e. The van der Waals surface area contributed by atoms with Crippen molar-refractivity contribution in [3.05, 3.63) is 34.9 Å². The average molecular weight is 275 g/mol. The van der Waals surface area contributed by atoms with Gasteiger partial charge in [-0.3, -0.25) is 0 Å².